The average Bonchev–Trinajstić information content (AvgIpc) is 2.68. The molecule has 2 aromatic rings. The van der Waals surface area contributed by atoms with E-state index in [4.69, 9.17) is 0 Å². The van der Waals surface area contributed by atoms with Crippen molar-refractivity contribution in [2.24, 2.45) is 14.1 Å². The summed E-state index contributed by atoms with van der Waals surface area (Å²) in [7, 11) is 1.36. The fourth-order valence-electron chi connectivity index (χ4n) is 2.12. The van der Waals surface area contributed by atoms with Crippen molar-refractivity contribution < 1.29 is 8.42 Å². The van der Waals surface area contributed by atoms with E-state index in [1.165, 1.54) is 15.2 Å². The Morgan fingerprint density at radius 3 is 2.26 bits per heavy atom. The number of sulfonamides is 1. The van der Waals surface area contributed by atoms with Crippen molar-refractivity contribution in [3.05, 3.63) is 27.1 Å². The molecule has 2 rings (SSSR count). The van der Waals surface area contributed by atoms with Gasteiger partial charge in [-0.05, 0) is 42.0 Å². The number of hydrogen-bond acceptors (Lipinski definition) is 4. The number of rotatable bonds is 5. The van der Waals surface area contributed by atoms with Crippen molar-refractivity contribution in [2.45, 2.75) is 17.9 Å². The van der Waals surface area contributed by atoms with Crippen LogP contribution >= 0.6 is 28.3 Å². The lowest BCUT2D eigenvalue weighted by Gasteiger charge is -2.13. The number of likely N-dealkylation sites (N-methyl/N-ethyl adjacent to an activating group) is 1. The van der Waals surface area contributed by atoms with E-state index in [2.05, 4.69) is 26.0 Å². The molecule has 0 amide bonds. The standard InChI is InChI=1S/C13H19BrN4O3S.ClH/c1-8(15-2)7-16-22(20,21)12-6-11-10(5-9(12)14)17(3)13(19)18(11)4;/h5-6,8,15-16H,7H2,1-4H3;1H. The number of benzene rings is 1. The van der Waals surface area contributed by atoms with E-state index >= 15 is 0 Å². The van der Waals surface area contributed by atoms with Crippen molar-refractivity contribution in [1.29, 1.82) is 0 Å². The molecule has 0 saturated carbocycles. The molecule has 0 aliphatic heterocycles. The van der Waals surface area contributed by atoms with E-state index in [0.717, 1.165) is 0 Å². The van der Waals surface area contributed by atoms with Gasteiger partial charge in [-0.1, -0.05) is 0 Å². The molecule has 1 unspecified atom stereocenters. The van der Waals surface area contributed by atoms with Gasteiger partial charge in [0.05, 0.1) is 15.9 Å². The van der Waals surface area contributed by atoms with Crippen LogP contribution in [0.2, 0.25) is 0 Å². The van der Waals surface area contributed by atoms with Gasteiger partial charge in [-0.25, -0.2) is 17.9 Å². The maximum absolute atomic E-state index is 12.5. The lowest BCUT2D eigenvalue weighted by Crippen LogP contribution is -2.37. The van der Waals surface area contributed by atoms with Crippen LogP contribution in [0.4, 0.5) is 0 Å². The first-order valence-corrected chi connectivity index (χ1v) is 8.98. The Kier molecular flexibility index (Phi) is 6.45. The highest BCUT2D eigenvalue weighted by Crippen LogP contribution is 2.27. The second kappa shape index (κ2) is 7.35. The predicted molar refractivity (Wildman–Crippen MR) is 96.8 cm³/mol. The SMILES string of the molecule is CNC(C)CNS(=O)(=O)c1cc2c(cc1Br)n(C)c(=O)n2C.Cl. The summed E-state index contributed by atoms with van der Waals surface area (Å²) in [4.78, 5) is 12.1. The van der Waals surface area contributed by atoms with Crippen LogP contribution in [-0.2, 0) is 24.1 Å². The number of fused-ring (bicyclic) bond motifs is 1. The van der Waals surface area contributed by atoms with E-state index in [9.17, 15) is 13.2 Å². The van der Waals surface area contributed by atoms with Crippen molar-refractivity contribution in [2.75, 3.05) is 13.6 Å². The summed E-state index contributed by atoms with van der Waals surface area (Å²) < 4.78 is 30.8. The molecule has 0 aliphatic carbocycles. The minimum absolute atomic E-state index is 0. The molecule has 23 heavy (non-hydrogen) atoms. The largest absolute Gasteiger partial charge is 0.328 e. The van der Waals surface area contributed by atoms with Crippen LogP contribution in [0.15, 0.2) is 26.3 Å². The first kappa shape index (κ1) is 20.2. The monoisotopic (exact) mass is 426 g/mol. The fraction of sp³-hybridized carbons (Fsp3) is 0.462. The zero-order chi connectivity index (χ0) is 16.7. The summed E-state index contributed by atoms with van der Waals surface area (Å²) >= 11 is 3.29. The lowest BCUT2D eigenvalue weighted by atomic mass is 10.3. The zero-order valence-electron chi connectivity index (χ0n) is 13.3. The molecule has 1 aromatic heterocycles. The predicted octanol–water partition coefficient (Wildman–Crippen LogP) is 0.948. The van der Waals surface area contributed by atoms with Gasteiger partial charge in [0, 0.05) is 31.2 Å². The normalized spacial score (nSPS) is 13.1. The van der Waals surface area contributed by atoms with Gasteiger partial charge in [-0.15, -0.1) is 12.4 Å². The lowest BCUT2D eigenvalue weighted by molar-refractivity contribution is 0.554. The average molecular weight is 428 g/mol. The molecule has 0 bridgehead atoms. The number of imidazole rings is 1. The molecular formula is C13H20BrClN4O3S. The molecule has 7 nitrogen and oxygen atoms in total. The number of nitrogens with zero attached hydrogens (tertiary/aromatic N) is 2. The van der Waals surface area contributed by atoms with Gasteiger partial charge in [0.2, 0.25) is 10.0 Å². The molecule has 130 valence electrons. The fourth-order valence-corrected chi connectivity index (χ4v) is 4.30. The summed E-state index contributed by atoms with van der Waals surface area (Å²) in [5.74, 6) is 0. The van der Waals surface area contributed by atoms with Crippen molar-refractivity contribution in [3.63, 3.8) is 0 Å². The number of aryl methyl sites for hydroxylation is 2. The molecule has 1 aromatic carbocycles. The highest BCUT2D eigenvalue weighted by Gasteiger charge is 2.21. The summed E-state index contributed by atoms with van der Waals surface area (Å²) in [5, 5.41) is 2.97. The van der Waals surface area contributed by atoms with Crippen LogP contribution in [0, 0.1) is 0 Å². The second-order valence-corrected chi connectivity index (χ2v) is 7.80. The molecule has 10 heteroatoms. The Balaban J connectivity index is 0.00000264. The van der Waals surface area contributed by atoms with E-state index in [0.29, 0.717) is 15.5 Å². The Hall–Kier alpha value is -0.870. The molecule has 0 saturated heterocycles. The summed E-state index contributed by atoms with van der Waals surface area (Å²) in [5.41, 5.74) is 1.04. The van der Waals surface area contributed by atoms with Crippen molar-refractivity contribution in [3.8, 4) is 0 Å². The van der Waals surface area contributed by atoms with Gasteiger partial charge in [0.25, 0.3) is 0 Å². The van der Waals surface area contributed by atoms with Gasteiger partial charge >= 0.3 is 5.69 Å². The third kappa shape index (κ3) is 3.80. The van der Waals surface area contributed by atoms with Gasteiger partial charge in [-0.3, -0.25) is 9.13 Å². The molecule has 1 heterocycles. The quantitative estimate of drug-likeness (QED) is 0.744. The van der Waals surface area contributed by atoms with Crippen LogP contribution in [0.5, 0.6) is 0 Å². The second-order valence-electron chi connectivity index (χ2n) is 5.21. The number of nitrogens with one attached hydrogen (secondary N) is 2. The Morgan fingerprint density at radius 1 is 1.22 bits per heavy atom. The smallest absolute Gasteiger partial charge is 0.316 e. The Morgan fingerprint density at radius 2 is 1.74 bits per heavy atom. The maximum Gasteiger partial charge on any atom is 0.328 e. The topological polar surface area (TPSA) is 85.1 Å². The molecular weight excluding hydrogens is 408 g/mol. The first-order valence-electron chi connectivity index (χ1n) is 6.71. The minimum Gasteiger partial charge on any atom is -0.316 e. The van der Waals surface area contributed by atoms with E-state index in [-0.39, 0.29) is 35.6 Å². The third-order valence-electron chi connectivity index (χ3n) is 3.69. The van der Waals surface area contributed by atoms with Crippen LogP contribution < -0.4 is 15.7 Å². The van der Waals surface area contributed by atoms with Crippen LogP contribution in [-0.4, -0.2) is 37.2 Å². The van der Waals surface area contributed by atoms with E-state index in [1.807, 2.05) is 6.92 Å². The molecule has 1 atom stereocenters. The molecule has 0 spiro atoms. The maximum atomic E-state index is 12.5. The molecule has 0 radical (unpaired) electrons. The highest BCUT2D eigenvalue weighted by molar-refractivity contribution is 9.10. The van der Waals surface area contributed by atoms with Crippen LogP contribution in [0.3, 0.4) is 0 Å². The van der Waals surface area contributed by atoms with Gasteiger partial charge in [0.15, 0.2) is 0 Å². The highest BCUT2D eigenvalue weighted by atomic mass is 79.9. The Bertz CT molecular complexity index is 875. The summed E-state index contributed by atoms with van der Waals surface area (Å²) in [6.07, 6.45) is 0. The minimum atomic E-state index is -3.67. The van der Waals surface area contributed by atoms with E-state index in [1.54, 1.807) is 27.2 Å². The molecule has 0 aliphatic rings. The Labute approximate surface area is 149 Å². The zero-order valence-corrected chi connectivity index (χ0v) is 16.5. The van der Waals surface area contributed by atoms with Gasteiger partial charge < -0.3 is 5.32 Å². The summed E-state index contributed by atoms with van der Waals surface area (Å²) in [6.45, 7) is 2.15. The summed E-state index contributed by atoms with van der Waals surface area (Å²) in [6, 6.07) is 3.17. The van der Waals surface area contributed by atoms with Gasteiger partial charge in [0.1, 0.15) is 0 Å². The molecule has 0 fully saturated rings. The van der Waals surface area contributed by atoms with E-state index < -0.39 is 10.0 Å². The molecule has 2 N–H and O–H groups in total. The number of hydrogen-bond donors (Lipinski definition) is 2. The first-order chi connectivity index (χ1) is 10.2. The third-order valence-corrected chi connectivity index (χ3v) is 6.07. The van der Waals surface area contributed by atoms with Crippen LogP contribution in [0.1, 0.15) is 6.92 Å². The van der Waals surface area contributed by atoms with Crippen molar-refractivity contribution in [1.82, 2.24) is 19.2 Å². The van der Waals surface area contributed by atoms with Crippen molar-refractivity contribution >= 4 is 49.4 Å². The number of halogens is 2. The van der Waals surface area contributed by atoms with Gasteiger partial charge in [-0.2, -0.15) is 0 Å². The van der Waals surface area contributed by atoms with Crippen LogP contribution in [0.25, 0.3) is 11.0 Å². The number of aromatic nitrogens is 2.